The molecule has 0 radical (unpaired) electrons. The van der Waals surface area contributed by atoms with Gasteiger partial charge in [-0.25, -0.2) is 14.2 Å². The number of aromatic nitrogens is 2. The number of nitrogens with zero attached hydrogens (tertiary/aromatic N) is 2. The molecule has 5 nitrogen and oxygen atoms in total. The highest BCUT2D eigenvalue weighted by atomic mass is 32.1. The second-order valence-electron chi connectivity index (χ2n) is 4.05. The van der Waals surface area contributed by atoms with Crippen LogP contribution in [0.3, 0.4) is 0 Å². The molecular formula is C13H9FN2O3S. The van der Waals surface area contributed by atoms with Gasteiger partial charge in [0.25, 0.3) is 0 Å². The summed E-state index contributed by atoms with van der Waals surface area (Å²) in [7, 11) is 1.50. The summed E-state index contributed by atoms with van der Waals surface area (Å²) in [6.07, 6.45) is 1.41. The number of hydrogen-bond donors (Lipinski definition) is 1. The number of ether oxygens (including phenoxy) is 1. The second-order valence-corrected chi connectivity index (χ2v) is 4.89. The molecule has 0 amide bonds. The molecule has 0 unspecified atom stereocenters. The number of carbonyl (C=O) groups is 1. The highest BCUT2D eigenvalue weighted by Gasteiger charge is 2.16. The summed E-state index contributed by atoms with van der Waals surface area (Å²) in [6, 6.07) is 4.19. The van der Waals surface area contributed by atoms with Crippen molar-refractivity contribution in [3.63, 3.8) is 0 Å². The van der Waals surface area contributed by atoms with E-state index in [9.17, 15) is 9.18 Å². The molecule has 0 fully saturated rings. The zero-order valence-corrected chi connectivity index (χ0v) is 11.1. The SMILES string of the molecule is COc1ccc(F)cc1-c1csc2nc(C(=O)O)cn12. The molecule has 1 N–H and O–H groups in total. The Morgan fingerprint density at radius 1 is 1.50 bits per heavy atom. The highest BCUT2D eigenvalue weighted by molar-refractivity contribution is 7.15. The molecule has 3 aromatic rings. The molecule has 0 aliphatic rings. The van der Waals surface area contributed by atoms with Crippen LogP contribution in [0.2, 0.25) is 0 Å². The van der Waals surface area contributed by atoms with Gasteiger partial charge >= 0.3 is 5.97 Å². The summed E-state index contributed by atoms with van der Waals surface area (Å²) in [6.45, 7) is 0. The third-order valence-corrected chi connectivity index (χ3v) is 3.71. The van der Waals surface area contributed by atoms with Crippen molar-refractivity contribution >= 4 is 22.3 Å². The number of aromatic carboxylic acids is 1. The zero-order chi connectivity index (χ0) is 14.3. The third kappa shape index (κ3) is 1.92. The number of carboxylic acids is 1. The maximum atomic E-state index is 13.4. The molecule has 3 rings (SSSR count). The number of rotatable bonds is 3. The Morgan fingerprint density at radius 2 is 2.30 bits per heavy atom. The van der Waals surface area contributed by atoms with E-state index in [1.807, 2.05) is 0 Å². The molecule has 20 heavy (non-hydrogen) atoms. The summed E-state index contributed by atoms with van der Waals surface area (Å²) >= 11 is 1.28. The maximum Gasteiger partial charge on any atom is 0.356 e. The van der Waals surface area contributed by atoms with Crippen molar-refractivity contribution in [2.45, 2.75) is 0 Å². The number of benzene rings is 1. The Balaban J connectivity index is 2.24. The Hall–Kier alpha value is -2.41. The van der Waals surface area contributed by atoms with Gasteiger partial charge in [-0.2, -0.15) is 0 Å². The average Bonchev–Trinajstić information content (AvgIpc) is 2.98. The molecule has 0 aliphatic heterocycles. The molecule has 0 spiro atoms. The Bertz CT molecular complexity index is 809. The van der Waals surface area contributed by atoms with Crippen molar-refractivity contribution in [2.75, 3.05) is 7.11 Å². The van der Waals surface area contributed by atoms with Gasteiger partial charge in [-0.1, -0.05) is 0 Å². The van der Waals surface area contributed by atoms with Crippen molar-refractivity contribution in [1.82, 2.24) is 9.38 Å². The van der Waals surface area contributed by atoms with E-state index in [1.54, 1.807) is 9.78 Å². The van der Waals surface area contributed by atoms with Crippen LogP contribution in [0.25, 0.3) is 16.2 Å². The number of thiazole rings is 1. The van der Waals surface area contributed by atoms with Gasteiger partial charge in [-0.3, -0.25) is 4.40 Å². The van der Waals surface area contributed by atoms with E-state index < -0.39 is 11.8 Å². The second kappa shape index (κ2) is 4.61. The van der Waals surface area contributed by atoms with E-state index in [1.165, 1.54) is 42.8 Å². The van der Waals surface area contributed by atoms with Gasteiger partial charge in [0.05, 0.1) is 12.8 Å². The largest absolute Gasteiger partial charge is 0.496 e. The molecule has 0 atom stereocenters. The van der Waals surface area contributed by atoms with Gasteiger partial charge in [-0.05, 0) is 18.2 Å². The van der Waals surface area contributed by atoms with Crippen LogP contribution in [0.4, 0.5) is 4.39 Å². The van der Waals surface area contributed by atoms with E-state index in [4.69, 9.17) is 9.84 Å². The van der Waals surface area contributed by atoms with Crippen LogP contribution in [0.5, 0.6) is 5.75 Å². The third-order valence-electron chi connectivity index (χ3n) is 2.87. The molecule has 1 aromatic carbocycles. The molecule has 2 aromatic heterocycles. The Morgan fingerprint density at radius 3 is 3.00 bits per heavy atom. The number of methoxy groups -OCH3 is 1. The number of hydrogen-bond acceptors (Lipinski definition) is 4. The Labute approximate surface area is 116 Å². The van der Waals surface area contributed by atoms with Crippen molar-refractivity contribution in [2.24, 2.45) is 0 Å². The molecule has 7 heteroatoms. The van der Waals surface area contributed by atoms with Gasteiger partial charge in [0.15, 0.2) is 10.7 Å². The minimum Gasteiger partial charge on any atom is -0.496 e. The monoisotopic (exact) mass is 292 g/mol. The Kier molecular flexibility index (Phi) is 2.90. The first kappa shape index (κ1) is 12.6. The van der Waals surface area contributed by atoms with Gasteiger partial charge in [0.1, 0.15) is 11.6 Å². The summed E-state index contributed by atoms with van der Waals surface area (Å²) < 4.78 is 20.3. The van der Waals surface area contributed by atoms with Crippen LogP contribution < -0.4 is 4.74 Å². The van der Waals surface area contributed by atoms with Crippen molar-refractivity contribution < 1.29 is 19.0 Å². The van der Waals surface area contributed by atoms with Crippen molar-refractivity contribution in [3.05, 3.63) is 41.3 Å². The normalized spacial score (nSPS) is 10.9. The fourth-order valence-electron chi connectivity index (χ4n) is 1.96. The predicted molar refractivity (Wildman–Crippen MR) is 72.0 cm³/mol. The minimum atomic E-state index is -1.10. The van der Waals surface area contributed by atoms with E-state index in [0.717, 1.165) is 0 Å². The lowest BCUT2D eigenvalue weighted by atomic mass is 10.1. The smallest absolute Gasteiger partial charge is 0.356 e. The quantitative estimate of drug-likeness (QED) is 0.806. The van der Waals surface area contributed by atoms with Gasteiger partial charge in [-0.15, -0.1) is 11.3 Å². The summed E-state index contributed by atoms with van der Waals surface area (Å²) in [5.41, 5.74) is 1.14. The zero-order valence-electron chi connectivity index (χ0n) is 10.3. The lowest BCUT2D eigenvalue weighted by Crippen LogP contribution is -1.95. The lowest BCUT2D eigenvalue weighted by Gasteiger charge is -2.07. The maximum absolute atomic E-state index is 13.4. The van der Waals surface area contributed by atoms with Crippen LogP contribution in [0.15, 0.2) is 29.8 Å². The van der Waals surface area contributed by atoms with Crippen molar-refractivity contribution in [3.8, 4) is 17.0 Å². The average molecular weight is 292 g/mol. The van der Waals surface area contributed by atoms with Gasteiger partial charge < -0.3 is 9.84 Å². The standard InChI is InChI=1S/C13H9FN2O3S/c1-19-11-3-2-7(14)4-8(11)10-6-20-13-15-9(12(17)18)5-16(10)13/h2-6H,1H3,(H,17,18). The molecule has 102 valence electrons. The van der Waals surface area contributed by atoms with Crippen LogP contribution in [-0.4, -0.2) is 27.6 Å². The van der Waals surface area contributed by atoms with E-state index in [2.05, 4.69) is 4.98 Å². The lowest BCUT2D eigenvalue weighted by molar-refractivity contribution is 0.0691. The highest BCUT2D eigenvalue weighted by Crippen LogP contribution is 2.33. The minimum absolute atomic E-state index is 0.0477. The van der Waals surface area contributed by atoms with Crippen LogP contribution in [-0.2, 0) is 0 Å². The van der Waals surface area contributed by atoms with Gasteiger partial charge in [0, 0.05) is 17.1 Å². The number of imidazole rings is 1. The van der Waals surface area contributed by atoms with E-state index in [0.29, 0.717) is 22.0 Å². The van der Waals surface area contributed by atoms with Crippen LogP contribution in [0.1, 0.15) is 10.5 Å². The summed E-state index contributed by atoms with van der Waals surface area (Å²) in [4.78, 5) is 15.5. The molecule has 0 bridgehead atoms. The predicted octanol–water partition coefficient (Wildman–Crippen LogP) is 2.91. The fraction of sp³-hybridized carbons (Fsp3) is 0.0769. The molecule has 2 heterocycles. The number of carboxylic acid groups (broad SMARTS) is 1. The number of fused-ring (bicyclic) bond motifs is 1. The van der Waals surface area contributed by atoms with Crippen LogP contribution >= 0.6 is 11.3 Å². The van der Waals surface area contributed by atoms with Crippen LogP contribution in [0, 0.1) is 5.82 Å². The summed E-state index contributed by atoms with van der Waals surface area (Å²) in [5.74, 6) is -0.978. The first-order valence-corrected chi connectivity index (χ1v) is 6.52. The van der Waals surface area contributed by atoms with Crippen molar-refractivity contribution in [1.29, 1.82) is 0 Å². The molecule has 0 saturated carbocycles. The summed E-state index contributed by atoms with van der Waals surface area (Å²) in [5, 5.41) is 10.7. The topological polar surface area (TPSA) is 63.8 Å². The molecule has 0 saturated heterocycles. The molecule has 0 aliphatic carbocycles. The van der Waals surface area contributed by atoms with E-state index in [-0.39, 0.29) is 5.69 Å². The van der Waals surface area contributed by atoms with Gasteiger partial charge in [0.2, 0.25) is 0 Å². The molecular weight excluding hydrogens is 283 g/mol. The first-order valence-electron chi connectivity index (χ1n) is 5.64. The van der Waals surface area contributed by atoms with E-state index >= 15 is 0 Å². The number of halogens is 1. The fourth-order valence-corrected chi connectivity index (χ4v) is 2.83. The first-order chi connectivity index (χ1) is 9.60.